The Balaban J connectivity index is 1.89. The standard InChI is InChI=1S/C15H22N2O2S/c1-16-14-4-2-3-5-15(14)20(18,19)17(10-12-6-7-12)11-13-8-9-13/h2-5,12-13,16H,6-11H2,1H3. The molecule has 2 fully saturated rings. The van der Waals surface area contributed by atoms with Gasteiger partial charge in [0.15, 0.2) is 0 Å². The third-order valence-corrected chi connectivity index (χ3v) is 5.98. The Kier molecular flexibility index (Phi) is 3.73. The van der Waals surface area contributed by atoms with Crippen LogP contribution in [0.5, 0.6) is 0 Å². The van der Waals surface area contributed by atoms with Crippen LogP contribution in [0.15, 0.2) is 29.2 Å². The van der Waals surface area contributed by atoms with Crippen molar-refractivity contribution in [2.75, 3.05) is 25.5 Å². The van der Waals surface area contributed by atoms with Crippen LogP contribution in [0.4, 0.5) is 5.69 Å². The fraction of sp³-hybridized carbons (Fsp3) is 0.600. The van der Waals surface area contributed by atoms with E-state index in [2.05, 4.69) is 5.32 Å². The fourth-order valence-corrected chi connectivity index (χ4v) is 4.28. The van der Waals surface area contributed by atoms with Crippen molar-refractivity contribution in [1.29, 1.82) is 0 Å². The minimum atomic E-state index is -3.38. The summed E-state index contributed by atoms with van der Waals surface area (Å²) < 4.78 is 27.6. The fourth-order valence-electron chi connectivity index (χ4n) is 2.48. The molecular weight excluding hydrogens is 272 g/mol. The van der Waals surface area contributed by atoms with Gasteiger partial charge in [-0.2, -0.15) is 4.31 Å². The summed E-state index contributed by atoms with van der Waals surface area (Å²) in [6.45, 7) is 1.38. The van der Waals surface area contributed by atoms with Crippen LogP contribution >= 0.6 is 0 Å². The van der Waals surface area contributed by atoms with E-state index in [1.54, 1.807) is 23.5 Å². The monoisotopic (exact) mass is 294 g/mol. The molecule has 110 valence electrons. The normalized spacial score (nSPS) is 19.3. The molecule has 1 N–H and O–H groups in total. The molecule has 0 saturated heterocycles. The largest absolute Gasteiger partial charge is 0.387 e. The summed E-state index contributed by atoms with van der Waals surface area (Å²) in [6.07, 6.45) is 4.68. The second-order valence-corrected chi connectivity index (χ2v) is 7.86. The predicted molar refractivity (Wildman–Crippen MR) is 80.2 cm³/mol. The van der Waals surface area contributed by atoms with Crippen molar-refractivity contribution in [2.45, 2.75) is 30.6 Å². The molecule has 4 nitrogen and oxygen atoms in total. The van der Waals surface area contributed by atoms with Gasteiger partial charge in [-0.25, -0.2) is 8.42 Å². The van der Waals surface area contributed by atoms with Crippen LogP contribution in [-0.2, 0) is 10.0 Å². The van der Waals surface area contributed by atoms with Crippen LogP contribution in [0.1, 0.15) is 25.7 Å². The molecule has 1 aromatic carbocycles. The Morgan fingerprint density at radius 1 is 1.10 bits per heavy atom. The summed E-state index contributed by atoms with van der Waals surface area (Å²) in [4.78, 5) is 0.406. The highest BCUT2D eigenvalue weighted by molar-refractivity contribution is 7.89. The first kappa shape index (κ1) is 13.9. The molecule has 0 atom stereocenters. The number of para-hydroxylation sites is 1. The van der Waals surface area contributed by atoms with Gasteiger partial charge in [0.25, 0.3) is 0 Å². The summed E-state index contributed by atoms with van der Waals surface area (Å²) in [5, 5.41) is 2.99. The van der Waals surface area contributed by atoms with Crippen molar-refractivity contribution in [3.05, 3.63) is 24.3 Å². The Morgan fingerprint density at radius 3 is 2.15 bits per heavy atom. The molecule has 5 heteroatoms. The third kappa shape index (κ3) is 2.99. The molecule has 0 aliphatic heterocycles. The Bertz CT molecular complexity index is 563. The highest BCUT2D eigenvalue weighted by atomic mass is 32.2. The molecule has 0 aromatic heterocycles. The summed E-state index contributed by atoms with van der Waals surface area (Å²) in [6, 6.07) is 7.17. The van der Waals surface area contributed by atoms with Crippen molar-refractivity contribution < 1.29 is 8.42 Å². The van der Waals surface area contributed by atoms with Gasteiger partial charge in [0, 0.05) is 20.1 Å². The summed E-state index contributed by atoms with van der Waals surface area (Å²) in [5.74, 6) is 1.15. The third-order valence-electron chi connectivity index (χ3n) is 4.09. The predicted octanol–water partition coefficient (Wildman–Crippen LogP) is 2.54. The molecule has 0 unspecified atom stereocenters. The number of nitrogens with one attached hydrogen (secondary N) is 1. The molecule has 0 radical (unpaired) electrons. The quantitative estimate of drug-likeness (QED) is 0.840. The van der Waals surface area contributed by atoms with E-state index in [4.69, 9.17) is 0 Å². The van der Waals surface area contributed by atoms with Gasteiger partial charge < -0.3 is 5.32 Å². The number of anilines is 1. The van der Waals surface area contributed by atoms with Crippen molar-refractivity contribution >= 4 is 15.7 Å². The van der Waals surface area contributed by atoms with Crippen molar-refractivity contribution in [3.8, 4) is 0 Å². The maximum absolute atomic E-state index is 12.9. The second kappa shape index (κ2) is 5.37. The van der Waals surface area contributed by atoms with Crippen molar-refractivity contribution in [1.82, 2.24) is 4.31 Å². The van der Waals surface area contributed by atoms with E-state index < -0.39 is 10.0 Å². The Hall–Kier alpha value is -1.07. The number of hydrogen-bond donors (Lipinski definition) is 1. The topological polar surface area (TPSA) is 49.4 Å². The number of sulfonamides is 1. The highest BCUT2D eigenvalue weighted by Crippen LogP contribution is 2.36. The molecule has 0 heterocycles. The van der Waals surface area contributed by atoms with E-state index in [1.807, 2.05) is 12.1 Å². The lowest BCUT2D eigenvalue weighted by Crippen LogP contribution is -2.35. The zero-order valence-corrected chi connectivity index (χ0v) is 12.7. The van der Waals surface area contributed by atoms with Crippen LogP contribution in [0.2, 0.25) is 0 Å². The average molecular weight is 294 g/mol. The molecule has 0 bridgehead atoms. The van der Waals surface area contributed by atoms with Gasteiger partial charge in [-0.3, -0.25) is 0 Å². The van der Waals surface area contributed by atoms with Gasteiger partial charge in [0.2, 0.25) is 10.0 Å². The number of hydrogen-bond acceptors (Lipinski definition) is 3. The number of nitrogens with zero attached hydrogens (tertiary/aromatic N) is 1. The molecule has 0 amide bonds. The maximum atomic E-state index is 12.9. The molecule has 3 rings (SSSR count). The second-order valence-electron chi connectivity index (χ2n) is 5.95. The van der Waals surface area contributed by atoms with Gasteiger partial charge in [0.05, 0.1) is 5.69 Å². The minimum absolute atomic E-state index is 0.406. The molecule has 2 aliphatic carbocycles. The molecule has 2 aliphatic rings. The van der Waals surface area contributed by atoms with Crippen LogP contribution in [0.3, 0.4) is 0 Å². The average Bonchev–Trinajstić information content (AvgIpc) is 3.33. The number of rotatable bonds is 7. The molecule has 20 heavy (non-hydrogen) atoms. The lowest BCUT2D eigenvalue weighted by molar-refractivity contribution is 0.382. The van der Waals surface area contributed by atoms with Crippen LogP contribution in [0.25, 0.3) is 0 Å². The molecular formula is C15H22N2O2S. The Morgan fingerprint density at radius 2 is 1.65 bits per heavy atom. The molecule has 1 aromatic rings. The lowest BCUT2D eigenvalue weighted by atomic mass is 10.3. The van der Waals surface area contributed by atoms with Crippen LogP contribution in [0, 0.1) is 11.8 Å². The van der Waals surface area contributed by atoms with Gasteiger partial charge in [0.1, 0.15) is 4.90 Å². The van der Waals surface area contributed by atoms with Gasteiger partial charge >= 0.3 is 0 Å². The van der Waals surface area contributed by atoms with E-state index in [0.717, 1.165) is 0 Å². The van der Waals surface area contributed by atoms with E-state index in [0.29, 0.717) is 35.5 Å². The summed E-state index contributed by atoms with van der Waals surface area (Å²) in [5.41, 5.74) is 0.684. The van der Waals surface area contributed by atoms with Crippen molar-refractivity contribution in [3.63, 3.8) is 0 Å². The SMILES string of the molecule is CNc1ccccc1S(=O)(=O)N(CC1CC1)CC1CC1. The smallest absolute Gasteiger partial charge is 0.245 e. The first-order chi connectivity index (χ1) is 9.61. The van der Waals surface area contributed by atoms with Crippen molar-refractivity contribution in [2.24, 2.45) is 11.8 Å². The summed E-state index contributed by atoms with van der Waals surface area (Å²) in [7, 11) is -1.62. The van der Waals surface area contributed by atoms with E-state index in [9.17, 15) is 8.42 Å². The lowest BCUT2D eigenvalue weighted by Gasteiger charge is -2.23. The maximum Gasteiger partial charge on any atom is 0.245 e. The van der Waals surface area contributed by atoms with Crippen LogP contribution < -0.4 is 5.32 Å². The first-order valence-corrected chi connectivity index (χ1v) is 8.82. The van der Waals surface area contributed by atoms with Gasteiger partial charge in [-0.05, 0) is 49.7 Å². The Labute approximate surface area is 121 Å². The first-order valence-electron chi connectivity index (χ1n) is 7.38. The number of benzene rings is 1. The van der Waals surface area contributed by atoms with Gasteiger partial charge in [-0.1, -0.05) is 12.1 Å². The molecule has 0 spiro atoms. The van der Waals surface area contributed by atoms with E-state index >= 15 is 0 Å². The van der Waals surface area contributed by atoms with E-state index in [-0.39, 0.29) is 0 Å². The molecule has 2 saturated carbocycles. The summed E-state index contributed by atoms with van der Waals surface area (Å²) >= 11 is 0. The zero-order valence-electron chi connectivity index (χ0n) is 11.9. The van der Waals surface area contributed by atoms with E-state index in [1.165, 1.54) is 25.7 Å². The highest BCUT2D eigenvalue weighted by Gasteiger charge is 2.36. The zero-order chi connectivity index (χ0) is 14.2. The van der Waals surface area contributed by atoms with Gasteiger partial charge in [-0.15, -0.1) is 0 Å². The minimum Gasteiger partial charge on any atom is -0.387 e. The van der Waals surface area contributed by atoms with Crippen LogP contribution in [-0.4, -0.2) is 32.9 Å².